The Labute approximate surface area is 187 Å². The molecule has 0 unspecified atom stereocenters. The summed E-state index contributed by atoms with van der Waals surface area (Å²) in [5, 5.41) is 20.9. The van der Waals surface area contributed by atoms with E-state index in [0.717, 1.165) is 25.1 Å². The number of carbonyl (C=O) groups is 2. The Morgan fingerprint density at radius 1 is 1.18 bits per heavy atom. The van der Waals surface area contributed by atoms with Crippen LogP contribution in [-0.2, 0) is 17.4 Å². The molecule has 0 radical (unpaired) electrons. The molecule has 2 aromatic rings. The molecule has 2 heterocycles. The average molecular weight is 468 g/mol. The lowest BCUT2D eigenvalue weighted by Crippen LogP contribution is -2.30. The molecule has 0 aliphatic heterocycles. The number of amides is 1. The van der Waals surface area contributed by atoms with Crippen molar-refractivity contribution in [3.8, 4) is 11.6 Å². The number of nitrogens with one attached hydrogen (secondary N) is 1. The number of aromatic nitrogens is 3. The van der Waals surface area contributed by atoms with Gasteiger partial charge in [0.15, 0.2) is 11.4 Å². The number of alkyl halides is 3. The van der Waals surface area contributed by atoms with Crippen molar-refractivity contribution >= 4 is 11.9 Å². The Morgan fingerprint density at radius 3 is 2.45 bits per heavy atom. The van der Waals surface area contributed by atoms with Gasteiger partial charge in [0.25, 0.3) is 5.91 Å². The quantitative estimate of drug-likeness (QED) is 0.565. The Hall–Kier alpha value is -3.44. The van der Waals surface area contributed by atoms with Crippen LogP contribution in [0.4, 0.5) is 13.2 Å². The van der Waals surface area contributed by atoms with Crippen LogP contribution >= 0.6 is 0 Å². The zero-order chi connectivity index (χ0) is 24.2. The first kappa shape index (κ1) is 24.2. The molecule has 0 bridgehead atoms. The van der Waals surface area contributed by atoms with Crippen molar-refractivity contribution in [1.29, 1.82) is 0 Å². The van der Waals surface area contributed by atoms with Gasteiger partial charge in [0.05, 0.1) is 11.3 Å². The summed E-state index contributed by atoms with van der Waals surface area (Å²) in [6.07, 6.45) is -0.613. The molecule has 1 aliphatic rings. The number of hydrogen-bond donors (Lipinski definition) is 3. The molecule has 12 heteroatoms. The van der Waals surface area contributed by atoms with Crippen LogP contribution in [0.15, 0.2) is 18.3 Å². The van der Waals surface area contributed by atoms with Gasteiger partial charge in [-0.25, -0.2) is 15.0 Å². The summed E-state index contributed by atoms with van der Waals surface area (Å²) in [7, 11) is 0. The highest BCUT2D eigenvalue weighted by atomic mass is 19.4. The number of carboxylic acid groups (broad SMARTS) is 1. The molecule has 1 fully saturated rings. The number of nitrogens with zero attached hydrogens (tertiary/aromatic N) is 3. The summed E-state index contributed by atoms with van der Waals surface area (Å²) in [5.74, 6) is -1.74. The largest absolute Gasteiger partial charge is 0.504 e. The molecule has 3 rings (SSSR count). The summed E-state index contributed by atoms with van der Waals surface area (Å²) < 4.78 is 43.6. The fourth-order valence-electron chi connectivity index (χ4n) is 3.61. The van der Waals surface area contributed by atoms with E-state index in [-0.39, 0.29) is 29.3 Å². The lowest BCUT2D eigenvalue weighted by Gasteiger charge is -2.28. The monoisotopic (exact) mass is 468 g/mol. The normalized spacial score (nSPS) is 18.5. The number of halogens is 3. The van der Waals surface area contributed by atoms with Crippen LogP contribution in [0, 0.1) is 12.8 Å². The molecular formula is C21H23F3N4O5. The molecule has 3 N–H and O–H groups in total. The molecule has 178 valence electrons. The molecule has 9 nitrogen and oxygen atoms in total. The van der Waals surface area contributed by atoms with Gasteiger partial charge in [-0.2, -0.15) is 13.2 Å². The van der Waals surface area contributed by atoms with E-state index < -0.39 is 35.9 Å². The Morgan fingerprint density at radius 2 is 1.88 bits per heavy atom. The minimum Gasteiger partial charge on any atom is -0.504 e. The maximum atomic E-state index is 12.6. The van der Waals surface area contributed by atoms with Gasteiger partial charge in [0.2, 0.25) is 5.88 Å². The Balaban J connectivity index is 1.56. The van der Waals surface area contributed by atoms with Crippen molar-refractivity contribution in [3.63, 3.8) is 0 Å². The second kappa shape index (κ2) is 10.0. The summed E-state index contributed by atoms with van der Waals surface area (Å²) in [6, 6.07) is 2.14. The minimum absolute atomic E-state index is 0.140. The van der Waals surface area contributed by atoms with E-state index in [9.17, 15) is 27.9 Å². The molecule has 0 saturated heterocycles. The van der Waals surface area contributed by atoms with Crippen LogP contribution in [0.2, 0.25) is 0 Å². The maximum Gasteiger partial charge on any atom is 0.417 e. The van der Waals surface area contributed by atoms with E-state index >= 15 is 0 Å². The number of carbonyl (C=O) groups excluding carboxylic acids is 1. The molecule has 33 heavy (non-hydrogen) atoms. The van der Waals surface area contributed by atoms with Crippen molar-refractivity contribution in [2.75, 3.05) is 6.54 Å². The van der Waals surface area contributed by atoms with Crippen molar-refractivity contribution in [2.24, 2.45) is 5.92 Å². The van der Waals surface area contributed by atoms with Crippen molar-refractivity contribution in [3.05, 3.63) is 41.1 Å². The van der Waals surface area contributed by atoms with Gasteiger partial charge >= 0.3 is 12.1 Å². The van der Waals surface area contributed by atoms with Gasteiger partial charge in [-0.1, -0.05) is 0 Å². The zero-order valence-electron chi connectivity index (χ0n) is 17.7. The molecule has 0 atom stereocenters. The second-order valence-electron chi connectivity index (χ2n) is 7.85. The van der Waals surface area contributed by atoms with Crippen LogP contribution in [0.1, 0.15) is 53.3 Å². The number of rotatable bonds is 7. The lowest BCUT2D eigenvalue weighted by molar-refractivity contribution is -0.138. The van der Waals surface area contributed by atoms with E-state index in [1.165, 1.54) is 13.0 Å². The number of carboxylic acids is 1. The minimum atomic E-state index is -4.45. The van der Waals surface area contributed by atoms with E-state index in [1.807, 2.05) is 0 Å². The van der Waals surface area contributed by atoms with Crippen LogP contribution in [0.5, 0.6) is 11.6 Å². The number of aliphatic carboxylic acids is 1. The third-order valence-corrected chi connectivity index (χ3v) is 5.34. The molecular weight excluding hydrogens is 445 g/mol. The van der Waals surface area contributed by atoms with Gasteiger partial charge in [-0.15, -0.1) is 0 Å². The Bertz CT molecular complexity index is 1010. The van der Waals surface area contributed by atoms with E-state index in [2.05, 4.69) is 20.3 Å². The van der Waals surface area contributed by atoms with E-state index in [1.54, 1.807) is 0 Å². The number of pyridine rings is 1. The van der Waals surface area contributed by atoms with Gasteiger partial charge in [-0.05, 0) is 44.6 Å². The third kappa shape index (κ3) is 6.53. The molecule has 1 amide bonds. The molecule has 1 saturated carbocycles. The molecule has 2 aromatic heterocycles. The third-order valence-electron chi connectivity index (χ3n) is 5.34. The maximum absolute atomic E-state index is 12.6. The second-order valence-corrected chi connectivity index (χ2v) is 7.85. The molecule has 0 spiro atoms. The number of aryl methyl sites for hydroxylation is 1. The first-order valence-electron chi connectivity index (χ1n) is 10.3. The zero-order valence-corrected chi connectivity index (χ0v) is 17.7. The standard InChI is InChI=1S/C21H23F3N4O5/c1-11-19(31)18(20(32)26-10-17(29)30)28-15(27-11)8-12-2-5-14(6-3-12)33-16-7-4-13(9-25-16)21(22,23)24/h4,7,9,12,14,31H,2-3,5-6,8,10H2,1H3,(H,26,32)(H,29,30). The highest BCUT2D eigenvalue weighted by molar-refractivity contribution is 5.96. The van der Waals surface area contributed by atoms with Gasteiger partial charge in [-0.3, -0.25) is 9.59 Å². The van der Waals surface area contributed by atoms with Gasteiger partial charge in [0, 0.05) is 18.7 Å². The SMILES string of the molecule is Cc1nc(CC2CCC(Oc3ccc(C(F)(F)F)cn3)CC2)nc(C(=O)NCC(=O)O)c1O. The van der Waals surface area contributed by atoms with Crippen molar-refractivity contribution in [2.45, 2.75) is 51.3 Å². The number of aromatic hydroxyl groups is 1. The molecule has 0 aromatic carbocycles. The summed E-state index contributed by atoms with van der Waals surface area (Å²) in [5.41, 5.74) is -0.895. The summed E-state index contributed by atoms with van der Waals surface area (Å²) in [6.45, 7) is 0.921. The summed E-state index contributed by atoms with van der Waals surface area (Å²) in [4.78, 5) is 34.9. The Kier molecular flexibility index (Phi) is 7.34. The van der Waals surface area contributed by atoms with Crippen LogP contribution < -0.4 is 10.1 Å². The van der Waals surface area contributed by atoms with Crippen molar-refractivity contribution < 1.29 is 37.7 Å². The fraction of sp³-hybridized carbons (Fsp3) is 0.476. The van der Waals surface area contributed by atoms with Gasteiger partial charge < -0.3 is 20.3 Å². The fourth-order valence-corrected chi connectivity index (χ4v) is 3.61. The van der Waals surface area contributed by atoms with Crippen LogP contribution in [0.25, 0.3) is 0 Å². The van der Waals surface area contributed by atoms with E-state index in [0.29, 0.717) is 25.1 Å². The lowest BCUT2D eigenvalue weighted by atomic mass is 9.85. The average Bonchev–Trinajstić information content (AvgIpc) is 2.75. The van der Waals surface area contributed by atoms with Gasteiger partial charge in [0.1, 0.15) is 18.5 Å². The summed E-state index contributed by atoms with van der Waals surface area (Å²) >= 11 is 0. The topological polar surface area (TPSA) is 135 Å². The number of hydrogen-bond acceptors (Lipinski definition) is 7. The van der Waals surface area contributed by atoms with Crippen LogP contribution in [0.3, 0.4) is 0 Å². The predicted octanol–water partition coefficient (Wildman–Crippen LogP) is 2.90. The smallest absolute Gasteiger partial charge is 0.417 e. The number of ether oxygens (including phenoxy) is 1. The highest BCUT2D eigenvalue weighted by Crippen LogP contribution is 2.32. The van der Waals surface area contributed by atoms with Crippen molar-refractivity contribution in [1.82, 2.24) is 20.3 Å². The first-order chi connectivity index (χ1) is 15.5. The highest BCUT2D eigenvalue weighted by Gasteiger charge is 2.31. The predicted molar refractivity (Wildman–Crippen MR) is 108 cm³/mol. The first-order valence-corrected chi connectivity index (χ1v) is 10.3. The molecule has 1 aliphatic carbocycles. The van der Waals surface area contributed by atoms with E-state index in [4.69, 9.17) is 9.84 Å². The van der Waals surface area contributed by atoms with Crippen LogP contribution in [-0.4, -0.2) is 49.7 Å².